The highest BCUT2D eigenvalue weighted by Gasteiger charge is 2.21. The molecule has 0 aliphatic carbocycles. The fourth-order valence-corrected chi connectivity index (χ4v) is 4.29. The van der Waals surface area contributed by atoms with Crippen molar-refractivity contribution in [3.8, 4) is 11.6 Å². The summed E-state index contributed by atoms with van der Waals surface area (Å²) in [6, 6.07) is 12.9. The van der Waals surface area contributed by atoms with E-state index in [0.29, 0.717) is 16.7 Å². The normalized spacial score (nSPS) is 14.3. The predicted molar refractivity (Wildman–Crippen MR) is 135 cm³/mol. The Kier molecular flexibility index (Phi) is 6.08. The lowest BCUT2D eigenvalue weighted by atomic mass is 10.2. The van der Waals surface area contributed by atoms with Crippen molar-refractivity contribution in [3.05, 3.63) is 65.9 Å². The minimum absolute atomic E-state index is 0.00503. The monoisotopic (exact) mass is 474 g/mol. The van der Waals surface area contributed by atoms with E-state index in [1.807, 2.05) is 31.2 Å². The lowest BCUT2D eigenvalue weighted by molar-refractivity contribution is 0.101. The van der Waals surface area contributed by atoms with Crippen LogP contribution in [0.1, 0.15) is 23.0 Å². The summed E-state index contributed by atoms with van der Waals surface area (Å²) in [6.07, 6.45) is 1.29. The Balaban J connectivity index is 1.40. The average Bonchev–Trinajstić information content (AvgIpc) is 3.23. The van der Waals surface area contributed by atoms with E-state index in [0.717, 1.165) is 43.2 Å². The molecule has 4 aromatic rings. The zero-order valence-electron chi connectivity index (χ0n) is 19.9. The van der Waals surface area contributed by atoms with Crippen LogP contribution in [0.25, 0.3) is 10.9 Å². The number of hydrogen-bond donors (Lipinski definition) is 2. The summed E-state index contributed by atoms with van der Waals surface area (Å²) in [5, 5.41) is 3.60. The number of ether oxygens (including phenoxy) is 1. The Morgan fingerprint density at radius 2 is 1.83 bits per heavy atom. The fourth-order valence-electron chi connectivity index (χ4n) is 4.29. The number of halogens is 1. The van der Waals surface area contributed by atoms with E-state index >= 15 is 4.39 Å². The zero-order chi connectivity index (χ0) is 24.5. The largest absolute Gasteiger partial charge is 0.435 e. The standard InChI is InChI=1S/C26H27FN6O2/c1-16-14-20-21(30-16)8-9-22(24(20)27)35-26-23(17(2)34)25(28-15-29-26)31-18-4-6-19(7-5-18)33-12-10-32(3)11-13-33/h4-9,14-15,30H,10-13H2,1-3H3,(H,28,29,31). The quantitative estimate of drug-likeness (QED) is 0.385. The van der Waals surface area contributed by atoms with Gasteiger partial charge in [0.1, 0.15) is 17.7 Å². The van der Waals surface area contributed by atoms with Gasteiger partial charge >= 0.3 is 0 Å². The number of Topliss-reactive ketones (excluding diaryl/α,β-unsaturated/α-hetero) is 1. The Morgan fingerprint density at radius 3 is 2.54 bits per heavy atom. The van der Waals surface area contributed by atoms with Crippen LogP contribution in [0.5, 0.6) is 11.6 Å². The zero-order valence-corrected chi connectivity index (χ0v) is 19.9. The molecule has 3 heterocycles. The summed E-state index contributed by atoms with van der Waals surface area (Å²) in [7, 11) is 2.13. The number of benzene rings is 2. The first-order chi connectivity index (χ1) is 16.9. The van der Waals surface area contributed by atoms with Gasteiger partial charge in [-0.15, -0.1) is 0 Å². The topological polar surface area (TPSA) is 86.4 Å². The van der Waals surface area contributed by atoms with Crippen LogP contribution in [0.15, 0.2) is 48.8 Å². The van der Waals surface area contributed by atoms with Gasteiger partial charge in [0.05, 0.1) is 0 Å². The maximum Gasteiger partial charge on any atom is 0.235 e. The van der Waals surface area contributed by atoms with Crippen LogP contribution < -0.4 is 15.0 Å². The average molecular weight is 475 g/mol. The van der Waals surface area contributed by atoms with Crippen molar-refractivity contribution in [3.63, 3.8) is 0 Å². The van der Waals surface area contributed by atoms with E-state index in [1.54, 1.807) is 12.1 Å². The van der Waals surface area contributed by atoms with Gasteiger partial charge in [0.25, 0.3) is 0 Å². The van der Waals surface area contributed by atoms with Crippen molar-refractivity contribution in [1.29, 1.82) is 0 Å². The third kappa shape index (κ3) is 4.67. The van der Waals surface area contributed by atoms with Crippen LogP contribution in [-0.4, -0.2) is 58.9 Å². The predicted octanol–water partition coefficient (Wildman–Crippen LogP) is 4.90. The van der Waals surface area contributed by atoms with E-state index in [9.17, 15) is 4.79 Å². The second-order valence-corrected chi connectivity index (χ2v) is 8.81. The summed E-state index contributed by atoms with van der Waals surface area (Å²) in [5.41, 5.74) is 3.58. The van der Waals surface area contributed by atoms with E-state index in [2.05, 4.69) is 37.1 Å². The van der Waals surface area contributed by atoms with Crippen molar-refractivity contribution >= 4 is 33.9 Å². The van der Waals surface area contributed by atoms with Crippen LogP contribution in [-0.2, 0) is 0 Å². The fraction of sp³-hybridized carbons (Fsp3) is 0.269. The lowest BCUT2D eigenvalue weighted by Crippen LogP contribution is -2.44. The molecule has 1 saturated heterocycles. The van der Waals surface area contributed by atoms with Crippen molar-refractivity contribution in [2.45, 2.75) is 13.8 Å². The number of aromatic amines is 1. The highest BCUT2D eigenvalue weighted by molar-refractivity contribution is 6.01. The van der Waals surface area contributed by atoms with Crippen LogP contribution in [0.3, 0.4) is 0 Å². The first-order valence-electron chi connectivity index (χ1n) is 11.5. The second-order valence-electron chi connectivity index (χ2n) is 8.81. The molecule has 5 rings (SSSR count). The van der Waals surface area contributed by atoms with Gasteiger partial charge in [-0.25, -0.2) is 14.4 Å². The lowest BCUT2D eigenvalue weighted by Gasteiger charge is -2.34. The van der Waals surface area contributed by atoms with E-state index in [1.165, 1.54) is 19.3 Å². The molecule has 35 heavy (non-hydrogen) atoms. The first-order valence-corrected chi connectivity index (χ1v) is 11.5. The molecule has 180 valence electrons. The molecule has 0 saturated carbocycles. The molecule has 2 aromatic heterocycles. The van der Waals surface area contributed by atoms with E-state index < -0.39 is 5.82 Å². The van der Waals surface area contributed by atoms with Gasteiger partial charge in [-0.05, 0) is 63.4 Å². The number of piperazine rings is 1. The number of carbonyl (C=O) groups excluding carboxylic acids is 1. The smallest absolute Gasteiger partial charge is 0.235 e. The molecule has 1 aliphatic rings. The number of anilines is 3. The molecule has 0 atom stereocenters. The van der Waals surface area contributed by atoms with Crippen molar-refractivity contribution < 1.29 is 13.9 Å². The highest BCUT2D eigenvalue weighted by Crippen LogP contribution is 2.33. The minimum atomic E-state index is -0.519. The summed E-state index contributed by atoms with van der Waals surface area (Å²) in [5.74, 6) is -0.534. The summed E-state index contributed by atoms with van der Waals surface area (Å²) < 4.78 is 20.9. The molecule has 0 radical (unpaired) electrons. The summed E-state index contributed by atoms with van der Waals surface area (Å²) >= 11 is 0. The maximum atomic E-state index is 15.1. The van der Waals surface area contributed by atoms with Gasteiger partial charge in [0, 0.05) is 54.2 Å². The number of fused-ring (bicyclic) bond motifs is 1. The number of H-pyrrole nitrogens is 1. The van der Waals surface area contributed by atoms with Gasteiger partial charge in [-0.2, -0.15) is 0 Å². The van der Waals surface area contributed by atoms with E-state index in [4.69, 9.17) is 4.74 Å². The Hall–Kier alpha value is -3.98. The molecule has 9 heteroatoms. The number of likely N-dealkylation sites (N-methyl/N-ethyl adjacent to an activating group) is 1. The molecule has 1 fully saturated rings. The molecule has 0 spiro atoms. The first kappa shape index (κ1) is 22.8. The van der Waals surface area contributed by atoms with Crippen molar-refractivity contribution in [2.75, 3.05) is 43.4 Å². The number of rotatable bonds is 6. The molecule has 8 nitrogen and oxygen atoms in total. The van der Waals surface area contributed by atoms with Crippen LogP contribution >= 0.6 is 0 Å². The van der Waals surface area contributed by atoms with E-state index in [-0.39, 0.29) is 23.0 Å². The maximum absolute atomic E-state index is 15.1. The molecule has 0 amide bonds. The molecule has 2 N–H and O–H groups in total. The highest BCUT2D eigenvalue weighted by atomic mass is 19.1. The molecule has 0 bridgehead atoms. The number of nitrogens with one attached hydrogen (secondary N) is 2. The van der Waals surface area contributed by atoms with Gasteiger partial charge in [-0.1, -0.05) is 0 Å². The molecule has 0 unspecified atom stereocenters. The molecule has 2 aromatic carbocycles. The van der Waals surface area contributed by atoms with Crippen LogP contribution in [0.2, 0.25) is 0 Å². The second kappa shape index (κ2) is 9.34. The summed E-state index contributed by atoms with van der Waals surface area (Å²) in [4.78, 5) is 28.7. The van der Waals surface area contributed by atoms with Gasteiger partial charge in [-0.3, -0.25) is 4.79 Å². The van der Waals surface area contributed by atoms with Crippen LogP contribution in [0.4, 0.5) is 21.6 Å². The molecular formula is C26H27FN6O2. The van der Waals surface area contributed by atoms with Crippen molar-refractivity contribution in [2.24, 2.45) is 0 Å². The minimum Gasteiger partial charge on any atom is -0.435 e. The number of nitrogens with zero attached hydrogens (tertiary/aromatic N) is 4. The Labute approximate surface area is 202 Å². The molecule has 1 aliphatic heterocycles. The molecular weight excluding hydrogens is 447 g/mol. The third-order valence-electron chi connectivity index (χ3n) is 6.21. The number of aromatic nitrogens is 3. The SMILES string of the molecule is CC(=O)c1c(Nc2ccc(N3CCN(C)CC3)cc2)ncnc1Oc1ccc2[nH]c(C)cc2c1F. The van der Waals surface area contributed by atoms with Crippen molar-refractivity contribution in [1.82, 2.24) is 19.9 Å². The third-order valence-corrected chi connectivity index (χ3v) is 6.21. The van der Waals surface area contributed by atoms with Gasteiger partial charge in [0.2, 0.25) is 5.88 Å². The number of aryl methyl sites for hydroxylation is 1. The van der Waals surface area contributed by atoms with Gasteiger partial charge in [0.15, 0.2) is 17.3 Å². The number of ketones is 1. The van der Waals surface area contributed by atoms with Crippen LogP contribution in [0, 0.1) is 12.7 Å². The number of carbonyl (C=O) groups is 1. The Morgan fingerprint density at radius 1 is 1.09 bits per heavy atom. The Bertz CT molecular complexity index is 1380. The number of hydrogen-bond acceptors (Lipinski definition) is 7. The summed E-state index contributed by atoms with van der Waals surface area (Å²) in [6.45, 7) is 7.28. The van der Waals surface area contributed by atoms with Gasteiger partial charge < -0.3 is 24.8 Å².